The van der Waals surface area contributed by atoms with Crippen molar-refractivity contribution in [2.24, 2.45) is 0 Å². The molecule has 92 valence electrons. The fraction of sp³-hybridized carbons (Fsp3) is 1.00. The van der Waals surface area contributed by atoms with Gasteiger partial charge in [0, 0.05) is 0 Å². The molecule has 0 heterocycles. The third-order valence-corrected chi connectivity index (χ3v) is 4.09. The predicted octanol–water partition coefficient (Wildman–Crippen LogP) is 3.78. The molecule has 0 aromatic heterocycles. The molecule has 0 aliphatic carbocycles. The maximum atomic E-state index is 13.4. The summed E-state index contributed by atoms with van der Waals surface area (Å²) in [5, 5.41) is 0. The summed E-state index contributed by atoms with van der Waals surface area (Å²) in [6.07, 6.45) is 0.969. The Hall–Kier alpha value is 0.0800. The molecule has 0 aliphatic heterocycles. The highest BCUT2D eigenvalue weighted by atomic mass is 31.2. The monoisotopic (exact) mass is 240 g/mol. The van der Waals surface area contributed by atoms with Crippen LogP contribution in [0.1, 0.15) is 40.0 Å². The zero-order valence-corrected chi connectivity index (χ0v) is 10.8. The van der Waals surface area contributed by atoms with Crippen molar-refractivity contribution in [3.05, 3.63) is 0 Å². The summed E-state index contributed by atoms with van der Waals surface area (Å²) in [5.41, 5.74) is 0. The van der Waals surface area contributed by atoms with Crippen molar-refractivity contribution >= 4 is 7.60 Å². The van der Waals surface area contributed by atoms with Crippen molar-refractivity contribution in [2.45, 2.75) is 46.2 Å². The molecule has 0 rings (SSSR count). The van der Waals surface area contributed by atoms with Gasteiger partial charge in [0.05, 0.1) is 19.4 Å². The molecule has 0 amide bonds. The summed E-state index contributed by atoms with van der Waals surface area (Å²) in [7, 11) is -3.19. The Morgan fingerprint density at radius 1 is 1.20 bits per heavy atom. The van der Waals surface area contributed by atoms with Gasteiger partial charge < -0.3 is 9.05 Å². The fourth-order valence-corrected chi connectivity index (χ4v) is 3.04. The molecule has 0 bridgehead atoms. The van der Waals surface area contributed by atoms with Gasteiger partial charge in [-0.05, 0) is 20.3 Å². The first-order chi connectivity index (χ1) is 7.08. The second-order valence-corrected chi connectivity index (χ2v) is 5.47. The van der Waals surface area contributed by atoms with Crippen molar-refractivity contribution in [2.75, 3.05) is 19.4 Å². The quantitative estimate of drug-likeness (QED) is 0.575. The number of halogens is 1. The highest BCUT2D eigenvalue weighted by Gasteiger charge is 2.28. The maximum absolute atomic E-state index is 13.4. The van der Waals surface area contributed by atoms with E-state index in [4.69, 9.17) is 9.05 Å². The highest BCUT2D eigenvalue weighted by molar-refractivity contribution is 7.53. The molecule has 0 saturated carbocycles. The Balaban J connectivity index is 4.08. The van der Waals surface area contributed by atoms with Crippen LogP contribution in [0.5, 0.6) is 0 Å². The minimum Gasteiger partial charge on any atom is -0.309 e. The molecule has 0 radical (unpaired) electrons. The highest BCUT2D eigenvalue weighted by Crippen LogP contribution is 2.49. The summed E-state index contributed by atoms with van der Waals surface area (Å²) < 4.78 is 35.3. The van der Waals surface area contributed by atoms with Crippen molar-refractivity contribution < 1.29 is 18.0 Å². The van der Waals surface area contributed by atoms with Gasteiger partial charge in [-0.25, -0.2) is 4.39 Å². The molecule has 0 N–H and O–H groups in total. The molecule has 0 unspecified atom stereocenters. The van der Waals surface area contributed by atoms with E-state index in [1.165, 1.54) is 0 Å². The zero-order valence-electron chi connectivity index (χ0n) is 9.87. The Morgan fingerprint density at radius 3 is 2.13 bits per heavy atom. The first-order valence-corrected chi connectivity index (χ1v) is 7.33. The van der Waals surface area contributed by atoms with E-state index < -0.39 is 13.8 Å². The number of hydrogen-bond acceptors (Lipinski definition) is 3. The zero-order chi connectivity index (χ0) is 11.7. The van der Waals surface area contributed by atoms with Gasteiger partial charge in [0.15, 0.2) is 0 Å². The summed E-state index contributed by atoms with van der Waals surface area (Å²) in [6, 6.07) is 0. The Labute approximate surface area is 91.9 Å². The van der Waals surface area contributed by atoms with E-state index in [1.807, 2.05) is 6.92 Å². The molecule has 0 aliphatic rings. The minimum absolute atomic E-state index is 0.116. The van der Waals surface area contributed by atoms with Gasteiger partial charge in [-0.15, -0.1) is 0 Å². The molecule has 1 atom stereocenters. The number of rotatable bonds is 9. The van der Waals surface area contributed by atoms with Crippen LogP contribution in [-0.4, -0.2) is 25.5 Å². The molecular formula is C10H22FO3P. The summed E-state index contributed by atoms with van der Waals surface area (Å²) in [4.78, 5) is 0. The lowest BCUT2D eigenvalue weighted by molar-refractivity contribution is 0.208. The molecule has 0 aromatic rings. The molecule has 0 saturated heterocycles. The lowest BCUT2D eigenvalue weighted by Crippen LogP contribution is -2.11. The number of unbranched alkanes of at least 4 members (excludes halogenated alkanes) is 1. The smallest absolute Gasteiger partial charge is 0.309 e. The van der Waals surface area contributed by atoms with Crippen LogP contribution in [0, 0.1) is 0 Å². The van der Waals surface area contributed by atoms with Gasteiger partial charge in [0.2, 0.25) is 0 Å². The standard InChI is InChI=1S/C10H22FO3P/c1-4-7-8-10(11)9-15(12,13-5-2)14-6-3/h10H,4-9H2,1-3H3/t10-/m0/s1. The molecular weight excluding hydrogens is 218 g/mol. The lowest BCUT2D eigenvalue weighted by atomic mass is 10.2. The first kappa shape index (κ1) is 15.1. The van der Waals surface area contributed by atoms with Crippen LogP contribution in [0.15, 0.2) is 0 Å². The van der Waals surface area contributed by atoms with E-state index in [0.29, 0.717) is 6.42 Å². The van der Waals surface area contributed by atoms with Crippen molar-refractivity contribution in [3.63, 3.8) is 0 Å². The second kappa shape index (κ2) is 8.26. The van der Waals surface area contributed by atoms with Gasteiger partial charge in [0.1, 0.15) is 6.17 Å². The van der Waals surface area contributed by atoms with Crippen LogP contribution in [0.4, 0.5) is 4.39 Å². The minimum atomic E-state index is -3.19. The van der Waals surface area contributed by atoms with Gasteiger partial charge in [-0.2, -0.15) is 0 Å². The van der Waals surface area contributed by atoms with Gasteiger partial charge in [-0.3, -0.25) is 4.57 Å². The fourth-order valence-electron chi connectivity index (χ4n) is 1.30. The molecule has 3 nitrogen and oxygen atoms in total. The van der Waals surface area contributed by atoms with E-state index in [1.54, 1.807) is 13.8 Å². The van der Waals surface area contributed by atoms with Gasteiger partial charge in [0.25, 0.3) is 0 Å². The Bertz CT molecular complexity index is 189. The third-order valence-electron chi connectivity index (χ3n) is 1.94. The summed E-state index contributed by atoms with van der Waals surface area (Å²) in [5.74, 6) is 0. The van der Waals surface area contributed by atoms with E-state index in [2.05, 4.69) is 0 Å². The molecule has 0 fully saturated rings. The number of alkyl halides is 1. The Morgan fingerprint density at radius 2 is 1.73 bits per heavy atom. The van der Waals surface area contributed by atoms with Crippen LogP contribution in [0.3, 0.4) is 0 Å². The third kappa shape index (κ3) is 7.04. The van der Waals surface area contributed by atoms with Crippen molar-refractivity contribution in [3.8, 4) is 0 Å². The SMILES string of the molecule is CCCC[C@H](F)CP(=O)(OCC)OCC. The largest absolute Gasteiger partial charge is 0.333 e. The molecule has 0 aromatic carbocycles. The van der Waals surface area contributed by atoms with Crippen LogP contribution in [0.2, 0.25) is 0 Å². The average Bonchev–Trinajstić information content (AvgIpc) is 2.15. The second-order valence-electron chi connectivity index (χ2n) is 3.37. The number of hydrogen-bond donors (Lipinski definition) is 0. The summed E-state index contributed by atoms with van der Waals surface area (Å²) in [6.45, 7) is 6.03. The van der Waals surface area contributed by atoms with Crippen LogP contribution >= 0.6 is 7.60 Å². The average molecular weight is 240 g/mol. The van der Waals surface area contributed by atoms with Crippen molar-refractivity contribution in [1.82, 2.24) is 0 Å². The van der Waals surface area contributed by atoms with E-state index in [0.717, 1.165) is 12.8 Å². The maximum Gasteiger partial charge on any atom is 0.333 e. The Kier molecular flexibility index (Phi) is 8.30. The van der Waals surface area contributed by atoms with E-state index in [-0.39, 0.29) is 19.4 Å². The van der Waals surface area contributed by atoms with E-state index in [9.17, 15) is 8.96 Å². The normalized spacial score (nSPS) is 14.1. The van der Waals surface area contributed by atoms with Crippen LogP contribution in [-0.2, 0) is 13.6 Å². The molecule has 0 spiro atoms. The molecule has 15 heavy (non-hydrogen) atoms. The van der Waals surface area contributed by atoms with Crippen LogP contribution < -0.4 is 0 Å². The predicted molar refractivity (Wildman–Crippen MR) is 60.1 cm³/mol. The topological polar surface area (TPSA) is 35.5 Å². The lowest BCUT2D eigenvalue weighted by Gasteiger charge is -2.18. The van der Waals surface area contributed by atoms with Gasteiger partial charge in [-0.1, -0.05) is 19.8 Å². The molecule has 5 heteroatoms. The summed E-state index contributed by atoms with van der Waals surface area (Å²) >= 11 is 0. The van der Waals surface area contributed by atoms with E-state index >= 15 is 0 Å². The van der Waals surface area contributed by atoms with Gasteiger partial charge >= 0.3 is 7.60 Å². The van der Waals surface area contributed by atoms with Crippen LogP contribution in [0.25, 0.3) is 0 Å². The first-order valence-electron chi connectivity index (χ1n) is 5.60. The van der Waals surface area contributed by atoms with Crippen molar-refractivity contribution in [1.29, 1.82) is 0 Å².